The average Bonchev–Trinajstić information content (AvgIpc) is 2.56. The van der Waals surface area contributed by atoms with Crippen molar-refractivity contribution in [1.82, 2.24) is 19.8 Å². The van der Waals surface area contributed by atoms with E-state index >= 15 is 0 Å². The number of carbonyl (C=O) groups excluding carboxylic acids is 1. The Hall–Kier alpha value is -2.22. The van der Waals surface area contributed by atoms with Gasteiger partial charge in [-0.3, -0.25) is 9.69 Å². The van der Waals surface area contributed by atoms with Crippen molar-refractivity contribution in [2.24, 2.45) is 10.9 Å². The van der Waals surface area contributed by atoms with Crippen LogP contribution in [0.5, 0.6) is 0 Å². The summed E-state index contributed by atoms with van der Waals surface area (Å²) in [5, 5.41) is 11.9. The fourth-order valence-electron chi connectivity index (χ4n) is 2.55. The van der Waals surface area contributed by atoms with Crippen LogP contribution in [0.3, 0.4) is 0 Å². The molecular weight excluding hydrogens is 272 g/mol. The quantitative estimate of drug-likeness (QED) is 0.343. The maximum Gasteiger partial charge on any atom is 0.257 e. The second kappa shape index (κ2) is 6.98. The van der Waals surface area contributed by atoms with Gasteiger partial charge in [-0.2, -0.15) is 0 Å². The molecule has 0 aromatic carbocycles. The zero-order valence-corrected chi connectivity index (χ0v) is 12.0. The van der Waals surface area contributed by atoms with E-state index in [1.54, 1.807) is 4.90 Å². The fourth-order valence-corrected chi connectivity index (χ4v) is 2.55. The SMILES string of the molecule is CCC(C(N)=NO)N1CCN(C(=O)c2cncnc2)CC1. The molecule has 3 N–H and O–H groups in total. The number of nitrogens with two attached hydrogens (primary N) is 1. The molecule has 1 aromatic rings. The summed E-state index contributed by atoms with van der Waals surface area (Å²) in [6.07, 6.45) is 5.20. The predicted octanol–water partition coefficient (Wildman–Crippen LogP) is -0.241. The molecule has 1 atom stereocenters. The molecular formula is C13H20N6O2. The summed E-state index contributed by atoms with van der Waals surface area (Å²) in [5.41, 5.74) is 6.20. The van der Waals surface area contributed by atoms with E-state index in [1.807, 2.05) is 6.92 Å². The molecule has 1 aromatic heterocycles. The van der Waals surface area contributed by atoms with E-state index in [-0.39, 0.29) is 17.8 Å². The third kappa shape index (κ3) is 3.46. The number of amidine groups is 1. The Morgan fingerprint density at radius 3 is 2.52 bits per heavy atom. The monoisotopic (exact) mass is 292 g/mol. The van der Waals surface area contributed by atoms with Crippen molar-refractivity contribution < 1.29 is 10.0 Å². The fraction of sp³-hybridized carbons (Fsp3) is 0.538. The van der Waals surface area contributed by atoms with Crippen LogP contribution in [0.2, 0.25) is 0 Å². The van der Waals surface area contributed by atoms with Gasteiger partial charge in [0.2, 0.25) is 0 Å². The number of carbonyl (C=O) groups is 1. The number of nitrogens with zero attached hydrogens (tertiary/aromatic N) is 5. The lowest BCUT2D eigenvalue weighted by Gasteiger charge is -2.38. The first kappa shape index (κ1) is 15.2. The van der Waals surface area contributed by atoms with Gasteiger partial charge >= 0.3 is 0 Å². The molecule has 0 aliphatic carbocycles. The largest absolute Gasteiger partial charge is 0.409 e. The summed E-state index contributed by atoms with van der Waals surface area (Å²) in [7, 11) is 0. The maximum atomic E-state index is 12.3. The molecule has 0 spiro atoms. The Balaban J connectivity index is 1.96. The van der Waals surface area contributed by atoms with E-state index in [2.05, 4.69) is 20.0 Å². The molecule has 21 heavy (non-hydrogen) atoms. The summed E-state index contributed by atoms with van der Waals surface area (Å²) in [6.45, 7) is 4.57. The molecule has 2 rings (SSSR count). The van der Waals surface area contributed by atoms with Gasteiger partial charge < -0.3 is 15.8 Å². The van der Waals surface area contributed by atoms with Gasteiger partial charge in [-0.15, -0.1) is 0 Å². The Kier molecular flexibility index (Phi) is 5.04. The Bertz CT molecular complexity index is 499. The van der Waals surface area contributed by atoms with Crippen LogP contribution < -0.4 is 5.73 Å². The van der Waals surface area contributed by atoms with Gasteiger partial charge in [0.25, 0.3) is 5.91 Å². The highest BCUT2D eigenvalue weighted by atomic mass is 16.4. The molecule has 1 amide bonds. The van der Waals surface area contributed by atoms with Crippen molar-refractivity contribution in [1.29, 1.82) is 0 Å². The van der Waals surface area contributed by atoms with Crippen LogP contribution in [-0.2, 0) is 0 Å². The van der Waals surface area contributed by atoms with Crippen LogP contribution in [0.15, 0.2) is 23.9 Å². The standard InChI is InChI=1S/C13H20N6O2/c1-2-11(12(14)17-21)18-3-5-19(6-4-18)13(20)10-7-15-9-16-8-10/h7-9,11,21H,2-6H2,1H3,(H2,14,17). The molecule has 1 unspecified atom stereocenters. The first-order valence-corrected chi connectivity index (χ1v) is 6.93. The Morgan fingerprint density at radius 1 is 1.38 bits per heavy atom. The minimum atomic E-state index is -0.0905. The highest BCUT2D eigenvalue weighted by Gasteiger charge is 2.27. The zero-order chi connectivity index (χ0) is 15.2. The van der Waals surface area contributed by atoms with Crippen molar-refractivity contribution in [3.63, 3.8) is 0 Å². The molecule has 2 heterocycles. The number of hydrogen-bond donors (Lipinski definition) is 2. The van der Waals surface area contributed by atoms with Crippen molar-refractivity contribution in [3.05, 3.63) is 24.3 Å². The van der Waals surface area contributed by atoms with E-state index in [9.17, 15) is 4.79 Å². The lowest BCUT2D eigenvalue weighted by molar-refractivity contribution is 0.0607. The van der Waals surface area contributed by atoms with Gasteiger partial charge in [-0.05, 0) is 6.42 Å². The smallest absolute Gasteiger partial charge is 0.257 e. The van der Waals surface area contributed by atoms with Crippen molar-refractivity contribution >= 4 is 11.7 Å². The van der Waals surface area contributed by atoms with Crippen molar-refractivity contribution in [2.75, 3.05) is 26.2 Å². The number of hydrogen-bond acceptors (Lipinski definition) is 6. The summed E-state index contributed by atoms with van der Waals surface area (Å²) in [6, 6.07) is -0.0905. The number of amides is 1. The van der Waals surface area contributed by atoms with Crippen molar-refractivity contribution in [2.45, 2.75) is 19.4 Å². The van der Waals surface area contributed by atoms with E-state index < -0.39 is 0 Å². The molecule has 0 saturated carbocycles. The third-order valence-electron chi connectivity index (χ3n) is 3.69. The summed E-state index contributed by atoms with van der Waals surface area (Å²) in [4.78, 5) is 23.9. The first-order valence-electron chi connectivity index (χ1n) is 6.93. The van der Waals surface area contributed by atoms with Gasteiger partial charge in [0.05, 0.1) is 11.6 Å². The number of aromatic nitrogens is 2. The average molecular weight is 292 g/mol. The Labute approximate surface area is 123 Å². The molecule has 1 saturated heterocycles. The molecule has 0 bridgehead atoms. The molecule has 1 aliphatic heterocycles. The molecule has 0 radical (unpaired) electrons. The highest BCUT2D eigenvalue weighted by Crippen LogP contribution is 2.12. The van der Waals surface area contributed by atoms with Gasteiger partial charge in [0.15, 0.2) is 5.84 Å². The lowest BCUT2D eigenvalue weighted by Crippen LogP contribution is -2.55. The summed E-state index contributed by atoms with van der Waals surface area (Å²) < 4.78 is 0. The maximum absolute atomic E-state index is 12.3. The van der Waals surface area contributed by atoms with Gasteiger partial charge in [0, 0.05) is 38.6 Å². The molecule has 1 aliphatic rings. The minimum Gasteiger partial charge on any atom is -0.409 e. The highest BCUT2D eigenvalue weighted by molar-refractivity contribution is 5.93. The van der Waals surface area contributed by atoms with Crippen LogP contribution >= 0.6 is 0 Å². The summed E-state index contributed by atoms with van der Waals surface area (Å²) >= 11 is 0. The summed E-state index contributed by atoms with van der Waals surface area (Å²) in [5.74, 6) is 0.154. The van der Waals surface area contributed by atoms with E-state index in [1.165, 1.54) is 18.7 Å². The molecule has 114 valence electrons. The van der Waals surface area contributed by atoms with Crippen LogP contribution in [-0.4, -0.2) is 68.9 Å². The second-order valence-electron chi connectivity index (χ2n) is 4.90. The van der Waals surface area contributed by atoms with Crippen LogP contribution in [0, 0.1) is 0 Å². The van der Waals surface area contributed by atoms with E-state index in [4.69, 9.17) is 10.9 Å². The van der Waals surface area contributed by atoms with Crippen LogP contribution in [0.4, 0.5) is 0 Å². The van der Waals surface area contributed by atoms with Crippen molar-refractivity contribution in [3.8, 4) is 0 Å². The third-order valence-corrected chi connectivity index (χ3v) is 3.69. The van der Waals surface area contributed by atoms with Gasteiger partial charge in [-0.1, -0.05) is 12.1 Å². The second-order valence-corrected chi connectivity index (χ2v) is 4.90. The van der Waals surface area contributed by atoms with Gasteiger partial charge in [0.1, 0.15) is 6.33 Å². The first-order chi connectivity index (χ1) is 10.2. The number of rotatable bonds is 4. The number of oxime groups is 1. The van der Waals surface area contributed by atoms with Crippen LogP contribution in [0.1, 0.15) is 23.7 Å². The van der Waals surface area contributed by atoms with Crippen LogP contribution in [0.25, 0.3) is 0 Å². The minimum absolute atomic E-state index is 0.0629. The molecule has 8 heteroatoms. The van der Waals surface area contributed by atoms with Gasteiger partial charge in [-0.25, -0.2) is 9.97 Å². The Morgan fingerprint density at radius 2 is 2.00 bits per heavy atom. The van der Waals surface area contributed by atoms with E-state index in [0.717, 1.165) is 6.42 Å². The molecule has 8 nitrogen and oxygen atoms in total. The zero-order valence-electron chi connectivity index (χ0n) is 12.0. The number of piperazine rings is 1. The van der Waals surface area contributed by atoms with E-state index in [0.29, 0.717) is 31.7 Å². The topological polar surface area (TPSA) is 108 Å². The lowest BCUT2D eigenvalue weighted by atomic mass is 10.1. The molecule has 1 fully saturated rings. The normalized spacial score (nSPS) is 18.5. The predicted molar refractivity (Wildman–Crippen MR) is 77.0 cm³/mol.